The third kappa shape index (κ3) is 4.85. The van der Waals surface area contributed by atoms with E-state index in [1.807, 2.05) is 0 Å². The first kappa shape index (κ1) is 16.1. The summed E-state index contributed by atoms with van der Waals surface area (Å²) >= 11 is 11.9. The van der Waals surface area contributed by atoms with Crippen molar-refractivity contribution < 1.29 is 4.79 Å². The van der Waals surface area contributed by atoms with Crippen LogP contribution >= 0.6 is 23.2 Å². The topological polar surface area (TPSA) is 35.6 Å². The van der Waals surface area contributed by atoms with E-state index in [2.05, 4.69) is 15.1 Å². The Bertz CT molecular complexity index is 520. The predicted molar refractivity (Wildman–Crippen MR) is 90.7 cm³/mol. The molecule has 0 bridgehead atoms. The van der Waals surface area contributed by atoms with Gasteiger partial charge in [-0.15, -0.1) is 0 Å². The van der Waals surface area contributed by atoms with E-state index < -0.39 is 0 Å². The van der Waals surface area contributed by atoms with Gasteiger partial charge in [-0.25, -0.2) is 0 Å². The number of carbonyl (C=O) groups excluding carboxylic acids is 1. The van der Waals surface area contributed by atoms with Crippen LogP contribution in [0.15, 0.2) is 18.2 Å². The largest absolute Gasteiger partial charge is 0.325 e. The second-order valence-corrected chi connectivity index (χ2v) is 7.10. The molecular weight excluding hydrogens is 321 g/mol. The van der Waals surface area contributed by atoms with Gasteiger partial charge < -0.3 is 10.2 Å². The molecule has 0 unspecified atom stereocenters. The third-order valence-corrected chi connectivity index (χ3v) is 4.63. The van der Waals surface area contributed by atoms with Crippen LogP contribution in [0.2, 0.25) is 10.0 Å². The second-order valence-electron chi connectivity index (χ2n) is 6.23. The molecule has 1 aliphatic heterocycles. The SMILES string of the molecule is O=C(CN1CCN(CC2CC2)CC1)Nc1cc(Cl)cc(Cl)c1. The van der Waals surface area contributed by atoms with E-state index in [1.54, 1.807) is 18.2 Å². The number of nitrogens with one attached hydrogen (secondary N) is 1. The minimum Gasteiger partial charge on any atom is -0.325 e. The second kappa shape index (κ2) is 7.18. The fraction of sp³-hybridized carbons (Fsp3) is 0.562. The molecule has 1 aromatic rings. The van der Waals surface area contributed by atoms with E-state index in [9.17, 15) is 4.79 Å². The average molecular weight is 342 g/mol. The molecule has 0 radical (unpaired) electrons. The highest BCUT2D eigenvalue weighted by molar-refractivity contribution is 6.35. The molecule has 1 heterocycles. The number of carbonyl (C=O) groups is 1. The molecule has 0 atom stereocenters. The number of anilines is 1. The van der Waals surface area contributed by atoms with Gasteiger partial charge in [0.25, 0.3) is 0 Å². The Kier molecular flexibility index (Phi) is 5.24. The van der Waals surface area contributed by atoms with Gasteiger partial charge in [0.05, 0.1) is 6.54 Å². The van der Waals surface area contributed by atoms with Crippen LogP contribution in [-0.2, 0) is 4.79 Å². The number of hydrogen-bond acceptors (Lipinski definition) is 3. The van der Waals surface area contributed by atoms with Crippen molar-refractivity contribution in [1.29, 1.82) is 0 Å². The maximum atomic E-state index is 12.1. The minimum absolute atomic E-state index is 0.0195. The van der Waals surface area contributed by atoms with E-state index in [4.69, 9.17) is 23.2 Å². The van der Waals surface area contributed by atoms with E-state index in [1.165, 1.54) is 19.4 Å². The summed E-state index contributed by atoms with van der Waals surface area (Å²) in [6.07, 6.45) is 2.79. The zero-order valence-electron chi connectivity index (χ0n) is 12.5. The number of hydrogen-bond donors (Lipinski definition) is 1. The molecule has 120 valence electrons. The lowest BCUT2D eigenvalue weighted by molar-refractivity contribution is -0.117. The molecule has 1 aromatic carbocycles. The van der Waals surface area contributed by atoms with E-state index >= 15 is 0 Å². The van der Waals surface area contributed by atoms with Gasteiger partial charge in [-0.05, 0) is 37.0 Å². The van der Waals surface area contributed by atoms with Gasteiger partial charge in [0.2, 0.25) is 5.91 Å². The minimum atomic E-state index is -0.0195. The van der Waals surface area contributed by atoms with Crippen molar-refractivity contribution in [2.45, 2.75) is 12.8 Å². The molecule has 2 fully saturated rings. The van der Waals surface area contributed by atoms with Crippen molar-refractivity contribution in [3.05, 3.63) is 28.2 Å². The Hall–Kier alpha value is -0.810. The number of piperazine rings is 1. The van der Waals surface area contributed by atoms with Gasteiger partial charge in [0.15, 0.2) is 0 Å². The average Bonchev–Trinajstić information content (AvgIpc) is 3.23. The van der Waals surface area contributed by atoms with Crippen LogP contribution in [0, 0.1) is 5.92 Å². The van der Waals surface area contributed by atoms with Crippen LogP contribution in [-0.4, -0.2) is 55.0 Å². The van der Waals surface area contributed by atoms with E-state index in [0.717, 1.165) is 32.1 Å². The van der Waals surface area contributed by atoms with Crippen LogP contribution < -0.4 is 5.32 Å². The highest BCUT2D eigenvalue weighted by Gasteiger charge is 2.26. The van der Waals surface area contributed by atoms with Crippen molar-refractivity contribution in [2.75, 3.05) is 44.6 Å². The van der Waals surface area contributed by atoms with Gasteiger partial charge in [-0.2, -0.15) is 0 Å². The summed E-state index contributed by atoms with van der Waals surface area (Å²) in [5, 5.41) is 3.91. The molecular formula is C16H21Cl2N3O. The van der Waals surface area contributed by atoms with Gasteiger partial charge in [-0.3, -0.25) is 9.69 Å². The normalized spacial score (nSPS) is 20.1. The lowest BCUT2D eigenvalue weighted by atomic mass is 10.2. The summed E-state index contributed by atoms with van der Waals surface area (Å²) in [6, 6.07) is 5.07. The third-order valence-electron chi connectivity index (χ3n) is 4.19. The Morgan fingerprint density at radius 1 is 1.05 bits per heavy atom. The number of nitrogens with zero attached hydrogens (tertiary/aromatic N) is 2. The number of halogens is 2. The summed E-state index contributed by atoms with van der Waals surface area (Å²) in [4.78, 5) is 16.8. The quantitative estimate of drug-likeness (QED) is 0.894. The fourth-order valence-electron chi connectivity index (χ4n) is 2.83. The predicted octanol–water partition coefficient (Wildman–Crippen LogP) is 2.96. The Morgan fingerprint density at radius 2 is 1.64 bits per heavy atom. The van der Waals surface area contributed by atoms with Gasteiger partial charge in [0, 0.05) is 48.5 Å². The van der Waals surface area contributed by atoms with Gasteiger partial charge in [-0.1, -0.05) is 23.2 Å². The maximum Gasteiger partial charge on any atom is 0.238 e. The van der Waals surface area contributed by atoms with E-state index in [0.29, 0.717) is 22.3 Å². The molecule has 6 heteroatoms. The maximum absolute atomic E-state index is 12.1. The van der Waals surface area contributed by atoms with E-state index in [-0.39, 0.29) is 5.91 Å². The lowest BCUT2D eigenvalue weighted by Crippen LogP contribution is -2.49. The molecule has 1 saturated carbocycles. The van der Waals surface area contributed by atoms with Crippen LogP contribution in [0.4, 0.5) is 5.69 Å². The summed E-state index contributed by atoms with van der Waals surface area (Å²) in [7, 11) is 0. The Morgan fingerprint density at radius 3 is 2.23 bits per heavy atom. The van der Waals surface area contributed by atoms with Crippen molar-refractivity contribution in [3.8, 4) is 0 Å². The molecule has 4 nitrogen and oxygen atoms in total. The molecule has 3 rings (SSSR count). The van der Waals surface area contributed by atoms with Crippen molar-refractivity contribution in [2.24, 2.45) is 5.92 Å². The summed E-state index contributed by atoms with van der Waals surface area (Å²) in [5.74, 6) is 0.913. The highest BCUT2D eigenvalue weighted by Crippen LogP contribution is 2.29. The number of amides is 1. The van der Waals surface area contributed by atoms with Gasteiger partial charge >= 0.3 is 0 Å². The first-order valence-electron chi connectivity index (χ1n) is 7.79. The molecule has 1 N–H and O–H groups in total. The number of rotatable bonds is 5. The molecule has 1 saturated heterocycles. The van der Waals surface area contributed by atoms with Crippen LogP contribution in [0.3, 0.4) is 0 Å². The van der Waals surface area contributed by atoms with Crippen LogP contribution in [0.25, 0.3) is 0 Å². The zero-order chi connectivity index (χ0) is 15.5. The van der Waals surface area contributed by atoms with Crippen LogP contribution in [0.5, 0.6) is 0 Å². The highest BCUT2D eigenvalue weighted by atomic mass is 35.5. The molecule has 1 aliphatic carbocycles. The van der Waals surface area contributed by atoms with Gasteiger partial charge in [0.1, 0.15) is 0 Å². The molecule has 22 heavy (non-hydrogen) atoms. The summed E-state index contributed by atoms with van der Waals surface area (Å²) in [5.41, 5.74) is 0.648. The first-order valence-corrected chi connectivity index (χ1v) is 8.55. The lowest BCUT2D eigenvalue weighted by Gasteiger charge is -2.34. The summed E-state index contributed by atoms with van der Waals surface area (Å²) in [6.45, 7) is 5.69. The van der Waals surface area contributed by atoms with Crippen molar-refractivity contribution >= 4 is 34.8 Å². The zero-order valence-corrected chi connectivity index (χ0v) is 14.0. The smallest absolute Gasteiger partial charge is 0.238 e. The number of benzene rings is 1. The molecule has 1 amide bonds. The molecule has 0 aromatic heterocycles. The first-order chi connectivity index (χ1) is 10.6. The van der Waals surface area contributed by atoms with Crippen molar-refractivity contribution in [1.82, 2.24) is 9.80 Å². The molecule has 2 aliphatic rings. The fourth-order valence-corrected chi connectivity index (χ4v) is 3.35. The van der Waals surface area contributed by atoms with Crippen LogP contribution in [0.1, 0.15) is 12.8 Å². The Labute approximate surface area is 141 Å². The molecule has 0 spiro atoms. The standard InChI is InChI=1S/C16H21Cl2N3O/c17-13-7-14(18)9-15(8-13)19-16(22)11-21-5-3-20(4-6-21)10-12-1-2-12/h7-9,12H,1-6,10-11H2,(H,19,22). The Balaban J connectivity index is 1.43. The summed E-state index contributed by atoms with van der Waals surface area (Å²) < 4.78 is 0. The monoisotopic (exact) mass is 341 g/mol. The van der Waals surface area contributed by atoms with Crippen molar-refractivity contribution in [3.63, 3.8) is 0 Å².